The molecule has 1 amide bonds. The predicted molar refractivity (Wildman–Crippen MR) is 66.0 cm³/mol. The molecule has 0 aromatic heterocycles. The van der Waals surface area contributed by atoms with E-state index in [1.54, 1.807) is 11.0 Å². The van der Waals surface area contributed by atoms with Crippen LogP contribution in [0.3, 0.4) is 0 Å². The summed E-state index contributed by atoms with van der Waals surface area (Å²) < 4.78 is 5.77. The second kappa shape index (κ2) is 5.04. The Labute approximate surface area is 102 Å². The number of carbonyl (C=O) groups is 1. The van der Waals surface area contributed by atoms with E-state index in [-0.39, 0.29) is 12.1 Å². The molecule has 2 rings (SSSR count). The van der Waals surface area contributed by atoms with Crippen molar-refractivity contribution in [2.75, 3.05) is 6.54 Å². The fourth-order valence-electron chi connectivity index (χ4n) is 1.98. The van der Waals surface area contributed by atoms with Gasteiger partial charge < -0.3 is 4.74 Å². The molecule has 17 heavy (non-hydrogen) atoms. The van der Waals surface area contributed by atoms with Crippen LogP contribution in [-0.2, 0) is 9.53 Å². The first-order valence-electron chi connectivity index (χ1n) is 5.93. The van der Waals surface area contributed by atoms with E-state index >= 15 is 0 Å². The van der Waals surface area contributed by atoms with Crippen LogP contribution in [0.2, 0.25) is 0 Å². The molecule has 0 saturated carbocycles. The van der Waals surface area contributed by atoms with Crippen molar-refractivity contribution in [3.63, 3.8) is 0 Å². The number of carbonyl (C=O) groups excluding carboxylic acids is 1. The van der Waals surface area contributed by atoms with E-state index in [2.05, 4.69) is 6.92 Å². The van der Waals surface area contributed by atoms with Gasteiger partial charge in [-0.05, 0) is 13.3 Å². The molecule has 0 bridgehead atoms. The third-order valence-electron chi connectivity index (χ3n) is 2.74. The summed E-state index contributed by atoms with van der Waals surface area (Å²) in [5.74, 6) is 0.709. The lowest BCUT2D eigenvalue weighted by molar-refractivity contribution is -0.142. The zero-order valence-corrected chi connectivity index (χ0v) is 10.2. The molecule has 3 nitrogen and oxygen atoms in total. The summed E-state index contributed by atoms with van der Waals surface area (Å²) in [4.78, 5) is 13.7. The quantitative estimate of drug-likeness (QED) is 0.800. The second-order valence-electron chi connectivity index (χ2n) is 4.17. The maximum absolute atomic E-state index is 11.9. The number of allylic oxidation sites excluding steroid dienone is 1. The van der Waals surface area contributed by atoms with E-state index in [1.165, 1.54) is 0 Å². The van der Waals surface area contributed by atoms with Crippen LogP contribution in [0.15, 0.2) is 42.2 Å². The number of amides is 1. The zero-order valence-electron chi connectivity index (χ0n) is 10.2. The monoisotopic (exact) mass is 231 g/mol. The van der Waals surface area contributed by atoms with Gasteiger partial charge in [-0.2, -0.15) is 0 Å². The van der Waals surface area contributed by atoms with Crippen molar-refractivity contribution >= 4 is 5.91 Å². The van der Waals surface area contributed by atoms with Crippen LogP contribution in [0.1, 0.15) is 32.1 Å². The third-order valence-corrected chi connectivity index (χ3v) is 2.74. The van der Waals surface area contributed by atoms with Gasteiger partial charge in [0.15, 0.2) is 0 Å². The van der Waals surface area contributed by atoms with E-state index in [0.29, 0.717) is 12.3 Å². The summed E-state index contributed by atoms with van der Waals surface area (Å²) in [6.07, 6.45) is 2.19. The highest BCUT2D eigenvalue weighted by molar-refractivity contribution is 5.88. The van der Waals surface area contributed by atoms with Crippen molar-refractivity contribution in [3.8, 4) is 0 Å². The number of hydrogen-bond acceptors (Lipinski definition) is 2. The lowest BCUT2D eigenvalue weighted by Gasteiger charge is -2.34. The number of ether oxygens (including phenoxy) is 1. The number of rotatable bonds is 3. The Kier molecular flexibility index (Phi) is 3.47. The summed E-state index contributed by atoms with van der Waals surface area (Å²) >= 11 is 0. The van der Waals surface area contributed by atoms with Crippen LogP contribution in [0.25, 0.3) is 0 Å². The van der Waals surface area contributed by atoms with E-state index in [9.17, 15) is 4.79 Å². The Bertz CT molecular complexity index is 425. The molecule has 0 saturated heterocycles. The molecule has 3 heteroatoms. The van der Waals surface area contributed by atoms with E-state index < -0.39 is 0 Å². The van der Waals surface area contributed by atoms with Crippen molar-refractivity contribution in [1.29, 1.82) is 0 Å². The lowest BCUT2D eigenvalue weighted by atomic mass is 10.1. The molecule has 1 heterocycles. The SMILES string of the molecule is CCCN1C(=O)C=C(C)OC1c1ccccc1. The third kappa shape index (κ3) is 2.49. The molecular weight excluding hydrogens is 214 g/mol. The maximum Gasteiger partial charge on any atom is 0.253 e. The average molecular weight is 231 g/mol. The van der Waals surface area contributed by atoms with E-state index in [4.69, 9.17) is 4.74 Å². The fourth-order valence-corrected chi connectivity index (χ4v) is 1.98. The van der Waals surface area contributed by atoms with Crippen LogP contribution in [-0.4, -0.2) is 17.4 Å². The molecule has 0 radical (unpaired) electrons. The molecule has 1 aliphatic rings. The van der Waals surface area contributed by atoms with E-state index in [0.717, 1.165) is 12.0 Å². The van der Waals surface area contributed by atoms with Gasteiger partial charge in [0, 0.05) is 18.2 Å². The van der Waals surface area contributed by atoms with Crippen molar-refractivity contribution in [1.82, 2.24) is 4.90 Å². The van der Waals surface area contributed by atoms with Crippen LogP contribution in [0.5, 0.6) is 0 Å². The minimum atomic E-state index is -0.284. The van der Waals surface area contributed by atoms with Gasteiger partial charge in [-0.3, -0.25) is 9.69 Å². The highest BCUT2D eigenvalue weighted by Crippen LogP contribution is 2.28. The molecule has 0 fully saturated rings. The molecule has 1 aliphatic heterocycles. The fraction of sp³-hybridized carbons (Fsp3) is 0.357. The Balaban J connectivity index is 2.30. The number of benzene rings is 1. The Morgan fingerprint density at radius 1 is 1.29 bits per heavy atom. The van der Waals surface area contributed by atoms with Gasteiger partial charge in [0.25, 0.3) is 5.91 Å². The van der Waals surface area contributed by atoms with Crippen LogP contribution < -0.4 is 0 Å². The molecule has 0 N–H and O–H groups in total. The van der Waals surface area contributed by atoms with Crippen molar-refractivity contribution in [3.05, 3.63) is 47.7 Å². The molecule has 0 aliphatic carbocycles. The zero-order chi connectivity index (χ0) is 12.3. The Morgan fingerprint density at radius 2 is 2.00 bits per heavy atom. The van der Waals surface area contributed by atoms with Gasteiger partial charge in [0.05, 0.1) is 0 Å². The summed E-state index contributed by atoms with van der Waals surface area (Å²) in [5.41, 5.74) is 1.02. The maximum atomic E-state index is 11.9. The van der Waals surface area contributed by atoms with Crippen LogP contribution >= 0.6 is 0 Å². The molecule has 0 spiro atoms. The van der Waals surface area contributed by atoms with Gasteiger partial charge >= 0.3 is 0 Å². The summed E-state index contributed by atoms with van der Waals surface area (Å²) in [5, 5.41) is 0. The van der Waals surface area contributed by atoms with Crippen molar-refractivity contribution in [2.45, 2.75) is 26.5 Å². The normalized spacial score (nSPS) is 19.9. The standard InChI is InChI=1S/C14H17NO2/c1-3-9-15-13(16)10-11(2)17-14(15)12-7-5-4-6-8-12/h4-8,10,14H,3,9H2,1-2H3. The first kappa shape index (κ1) is 11.7. The van der Waals surface area contributed by atoms with Crippen LogP contribution in [0.4, 0.5) is 0 Å². The predicted octanol–water partition coefficient (Wildman–Crippen LogP) is 2.86. The largest absolute Gasteiger partial charge is 0.471 e. The second-order valence-corrected chi connectivity index (χ2v) is 4.17. The topological polar surface area (TPSA) is 29.5 Å². The van der Waals surface area contributed by atoms with Gasteiger partial charge in [-0.25, -0.2) is 0 Å². The van der Waals surface area contributed by atoms with Crippen LogP contribution in [0, 0.1) is 0 Å². The molecule has 90 valence electrons. The number of nitrogens with zero attached hydrogens (tertiary/aromatic N) is 1. The van der Waals surface area contributed by atoms with Gasteiger partial charge in [-0.1, -0.05) is 37.3 Å². The van der Waals surface area contributed by atoms with Crippen molar-refractivity contribution in [2.24, 2.45) is 0 Å². The lowest BCUT2D eigenvalue weighted by Crippen LogP contribution is -2.38. The molecular formula is C14H17NO2. The van der Waals surface area contributed by atoms with Crippen molar-refractivity contribution < 1.29 is 9.53 Å². The molecule has 1 aromatic rings. The average Bonchev–Trinajstić information content (AvgIpc) is 2.33. The molecule has 1 atom stereocenters. The van der Waals surface area contributed by atoms with Gasteiger partial charge in [0.1, 0.15) is 5.76 Å². The molecule has 1 aromatic carbocycles. The highest BCUT2D eigenvalue weighted by atomic mass is 16.5. The number of hydrogen-bond donors (Lipinski definition) is 0. The minimum absolute atomic E-state index is 0.0319. The van der Waals surface area contributed by atoms with Gasteiger partial charge in [-0.15, -0.1) is 0 Å². The summed E-state index contributed by atoms with van der Waals surface area (Å²) in [7, 11) is 0. The smallest absolute Gasteiger partial charge is 0.253 e. The summed E-state index contributed by atoms with van der Waals surface area (Å²) in [6, 6.07) is 9.85. The first-order valence-corrected chi connectivity index (χ1v) is 5.93. The molecule has 1 unspecified atom stereocenters. The van der Waals surface area contributed by atoms with Gasteiger partial charge in [0.2, 0.25) is 6.23 Å². The van der Waals surface area contributed by atoms with E-state index in [1.807, 2.05) is 37.3 Å². The first-order chi connectivity index (χ1) is 8.22. The minimum Gasteiger partial charge on any atom is -0.471 e. The Hall–Kier alpha value is -1.77. The highest BCUT2D eigenvalue weighted by Gasteiger charge is 2.28. The Morgan fingerprint density at radius 3 is 2.65 bits per heavy atom. The summed E-state index contributed by atoms with van der Waals surface area (Å²) in [6.45, 7) is 4.58.